The zero-order valence-electron chi connectivity index (χ0n) is 10.9. The SMILES string of the molecule is CC1(NCc2ccccc2CC(=O)O)CCCC1. The molecule has 0 aromatic heterocycles. The molecule has 0 heterocycles. The van der Waals surface area contributed by atoms with Gasteiger partial charge in [0.25, 0.3) is 0 Å². The molecule has 3 nitrogen and oxygen atoms in total. The summed E-state index contributed by atoms with van der Waals surface area (Å²) in [6, 6.07) is 7.80. The maximum Gasteiger partial charge on any atom is 0.307 e. The highest BCUT2D eigenvalue weighted by molar-refractivity contribution is 5.70. The summed E-state index contributed by atoms with van der Waals surface area (Å²) in [5.74, 6) is -0.769. The van der Waals surface area contributed by atoms with Gasteiger partial charge < -0.3 is 10.4 Å². The average Bonchev–Trinajstić information content (AvgIpc) is 2.75. The van der Waals surface area contributed by atoms with Gasteiger partial charge in [0.05, 0.1) is 6.42 Å². The van der Waals surface area contributed by atoms with Crippen LogP contribution in [0.15, 0.2) is 24.3 Å². The summed E-state index contributed by atoms with van der Waals surface area (Å²) in [6.07, 6.45) is 5.12. The Hall–Kier alpha value is -1.35. The van der Waals surface area contributed by atoms with Crippen molar-refractivity contribution in [3.05, 3.63) is 35.4 Å². The molecular weight excluding hydrogens is 226 g/mol. The number of hydrogen-bond donors (Lipinski definition) is 2. The van der Waals surface area contributed by atoms with Crippen LogP contribution in [0.5, 0.6) is 0 Å². The predicted molar refractivity (Wildman–Crippen MR) is 71.5 cm³/mol. The second-order valence-electron chi connectivity index (χ2n) is 5.46. The second kappa shape index (κ2) is 5.53. The van der Waals surface area contributed by atoms with Crippen LogP contribution in [-0.2, 0) is 17.8 Å². The Morgan fingerprint density at radius 3 is 2.50 bits per heavy atom. The Balaban J connectivity index is 2.02. The Morgan fingerprint density at radius 2 is 1.89 bits per heavy atom. The van der Waals surface area contributed by atoms with Gasteiger partial charge in [-0.25, -0.2) is 0 Å². The van der Waals surface area contributed by atoms with Crippen molar-refractivity contribution in [1.29, 1.82) is 0 Å². The molecule has 0 bridgehead atoms. The van der Waals surface area contributed by atoms with Crippen LogP contribution in [-0.4, -0.2) is 16.6 Å². The van der Waals surface area contributed by atoms with Crippen LogP contribution < -0.4 is 5.32 Å². The fourth-order valence-electron chi connectivity index (χ4n) is 2.71. The number of nitrogens with one attached hydrogen (secondary N) is 1. The monoisotopic (exact) mass is 247 g/mol. The van der Waals surface area contributed by atoms with Gasteiger partial charge in [-0.05, 0) is 30.9 Å². The molecule has 3 heteroatoms. The van der Waals surface area contributed by atoms with Crippen molar-refractivity contribution < 1.29 is 9.90 Å². The van der Waals surface area contributed by atoms with Crippen LogP contribution in [0.25, 0.3) is 0 Å². The third kappa shape index (κ3) is 3.33. The number of carboxylic acid groups (broad SMARTS) is 1. The molecule has 1 fully saturated rings. The second-order valence-corrected chi connectivity index (χ2v) is 5.46. The van der Waals surface area contributed by atoms with Crippen molar-refractivity contribution in [3.63, 3.8) is 0 Å². The predicted octanol–water partition coefficient (Wildman–Crippen LogP) is 2.74. The molecule has 1 aromatic rings. The number of carboxylic acids is 1. The Kier molecular flexibility index (Phi) is 4.02. The highest BCUT2D eigenvalue weighted by Gasteiger charge is 2.27. The van der Waals surface area contributed by atoms with Gasteiger partial charge in [0.2, 0.25) is 0 Å². The van der Waals surface area contributed by atoms with Crippen molar-refractivity contribution >= 4 is 5.97 Å². The lowest BCUT2D eigenvalue weighted by Crippen LogP contribution is -2.39. The van der Waals surface area contributed by atoms with E-state index in [9.17, 15) is 4.79 Å². The van der Waals surface area contributed by atoms with Crippen molar-refractivity contribution in [2.24, 2.45) is 0 Å². The fraction of sp³-hybridized carbons (Fsp3) is 0.533. The highest BCUT2D eigenvalue weighted by atomic mass is 16.4. The number of rotatable bonds is 5. The van der Waals surface area contributed by atoms with Gasteiger partial charge in [-0.15, -0.1) is 0 Å². The van der Waals surface area contributed by atoms with Gasteiger partial charge in [0, 0.05) is 12.1 Å². The molecule has 1 aliphatic rings. The van der Waals surface area contributed by atoms with Crippen molar-refractivity contribution in [1.82, 2.24) is 5.32 Å². The summed E-state index contributed by atoms with van der Waals surface area (Å²) >= 11 is 0. The molecule has 0 saturated heterocycles. The van der Waals surface area contributed by atoms with Gasteiger partial charge in [-0.2, -0.15) is 0 Å². The summed E-state index contributed by atoms with van der Waals surface area (Å²) in [5, 5.41) is 12.5. The van der Waals surface area contributed by atoms with E-state index < -0.39 is 5.97 Å². The third-order valence-electron chi connectivity index (χ3n) is 3.87. The molecule has 1 aliphatic carbocycles. The molecule has 1 saturated carbocycles. The minimum absolute atomic E-state index is 0.106. The smallest absolute Gasteiger partial charge is 0.307 e. The van der Waals surface area contributed by atoms with Crippen molar-refractivity contribution in [2.45, 2.75) is 51.1 Å². The zero-order valence-corrected chi connectivity index (χ0v) is 10.9. The first kappa shape index (κ1) is 13.1. The number of aliphatic carboxylic acids is 1. The summed E-state index contributed by atoms with van der Waals surface area (Å²) in [6.45, 7) is 3.03. The number of carbonyl (C=O) groups is 1. The van der Waals surface area contributed by atoms with Crippen LogP contribution in [0.2, 0.25) is 0 Å². The minimum Gasteiger partial charge on any atom is -0.481 e. The third-order valence-corrected chi connectivity index (χ3v) is 3.87. The zero-order chi connectivity index (χ0) is 13.0. The quantitative estimate of drug-likeness (QED) is 0.841. The van der Waals surface area contributed by atoms with Crippen molar-refractivity contribution in [2.75, 3.05) is 0 Å². The molecule has 0 atom stereocenters. The van der Waals surface area contributed by atoms with Crippen LogP contribution in [0.3, 0.4) is 0 Å². The van der Waals surface area contributed by atoms with Gasteiger partial charge in [-0.3, -0.25) is 4.79 Å². The normalized spacial score (nSPS) is 17.8. The van der Waals surface area contributed by atoms with Gasteiger partial charge in [0.1, 0.15) is 0 Å². The summed E-state index contributed by atoms with van der Waals surface area (Å²) < 4.78 is 0. The number of benzene rings is 1. The van der Waals surface area contributed by atoms with Crippen LogP contribution in [0.1, 0.15) is 43.7 Å². The van der Waals surface area contributed by atoms with E-state index in [1.165, 1.54) is 25.7 Å². The first-order chi connectivity index (χ1) is 8.59. The van der Waals surface area contributed by atoms with Crippen LogP contribution >= 0.6 is 0 Å². The average molecular weight is 247 g/mol. The lowest BCUT2D eigenvalue weighted by Gasteiger charge is -2.26. The van der Waals surface area contributed by atoms with E-state index in [-0.39, 0.29) is 12.0 Å². The van der Waals surface area contributed by atoms with Crippen LogP contribution in [0.4, 0.5) is 0 Å². The van der Waals surface area contributed by atoms with Gasteiger partial charge in [0.15, 0.2) is 0 Å². The Morgan fingerprint density at radius 1 is 1.28 bits per heavy atom. The molecule has 18 heavy (non-hydrogen) atoms. The molecule has 0 radical (unpaired) electrons. The van der Waals surface area contributed by atoms with Crippen LogP contribution in [0, 0.1) is 0 Å². The molecule has 0 aliphatic heterocycles. The Bertz CT molecular complexity index is 422. The van der Waals surface area contributed by atoms with Crippen molar-refractivity contribution in [3.8, 4) is 0 Å². The number of hydrogen-bond acceptors (Lipinski definition) is 2. The largest absolute Gasteiger partial charge is 0.481 e. The van der Waals surface area contributed by atoms with E-state index in [2.05, 4.69) is 12.2 Å². The van der Waals surface area contributed by atoms with E-state index in [0.29, 0.717) is 0 Å². The summed E-state index contributed by atoms with van der Waals surface area (Å²) in [4.78, 5) is 10.8. The van der Waals surface area contributed by atoms with E-state index in [1.54, 1.807) is 0 Å². The molecule has 0 unspecified atom stereocenters. The lowest BCUT2D eigenvalue weighted by atomic mass is 9.98. The summed E-state index contributed by atoms with van der Waals surface area (Å²) in [5.41, 5.74) is 2.25. The first-order valence-corrected chi connectivity index (χ1v) is 6.63. The molecule has 0 spiro atoms. The summed E-state index contributed by atoms with van der Waals surface area (Å²) in [7, 11) is 0. The molecule has 0 amide bonds. The van der Waals surface area contributed by atoms with Gasteiger partial charge in [-0.1, -0.05) is 37.1 Å². The molecule has 2 N–H and O–H groups in total. The highest BCUT2D eigenvalue weighted by Crippen LogP contribution is 2.29. The molecular formula is C15H21NO2. The molecule has 98 valence electrons. The topological polar surface area (TPSA) is 49.3 Å². The van der Waals surface area contributed by atoms with Gasteiger partial charge >= 0.3 is 5.97 Å². The Labute approximate surface area is 108 Å². The standard InChI is InChI=1S/C15H21NO2/c1-15(8-4-5-9-15)16-11-13-7-3-2-6-12(13)10-14(17)18/h2-3,6-7,16H,4-5,8-11H2,1H3,(H,17,18). The van der Waals surface area contributed by atoms with E-state index in [4.69, 9.17) is 5.11 Å². The van der Waals surface area contributed by atoms with E-state index in [0.717, 1.165) is 17.7 Å². The maximum absolute atomic E-state index is 10.8. The lowest BCUT2D eigenvalue weighted by molar-refractivity contribution is -0.136. The van der Waals surface area contributed by atoms with E-state index in [1.807, 2.05) is 24.3 Å². The first-order valence-electron chi connectivity index (χ1n) is 6.63. The fourth-order valence-corrected chi connectivity index (χ4v) is 2.71. The minimum atomic E-state index is -0.769. The van der Waals surface area contributed by atoms with E-state index >= 15 is 0 Å². The maximum atomic E-state index is 10.8. The molecule has 2 rings (SSSR count). The molecule has 1 aromatic carbocycles.